The van der Waals surface area contributed by atoms with Crippen LogP contribution in [0.15, 0.2) is 0 Å². The van der Waals surface area contributed by atoms with Crippen molar-refractivity contribution in [3.05, 3.63) is 0 Å². The molecule has 114 valence electrons. The molecule has 3 rings (SSSR count). The maximum atomic E-state index is 12.7. The average molecular weight is 298 g/mol. The fraction of sp³-hybridized carbons (Fsp3) is 0.933. The Morgan fingerprint density at radius 3 is 2.75 bits per heavy atom. The highest BCUT2D eigenvalue weighted by atomic mass is 32.2. The van der Waals surface area contributed by atoms with Crippen LogP contribution < -0.4 is 5.32 Å². The molecule has 3 aliphatic rings. The molecule has 5 heteroatoms. The van der Waals surface area contributed by atoms with Crippen molar-refractivity contribution >= 4 is 17.7 Å². The van der Waals surface area contributed by atoms with Gasteiger partial charge in [-0.1, -0.05) is 0 Å². The number of hydrogen-bond acceptors (Lipinski definition) is 4. The van der Waals surface area contributed by atoms with E-state index < -0.39 is 0 Å². The quantitative estimate of drug-likeness (QED) is 0.826. The second-order valence-electron chi connectivity index (χ2n) is 6.52. The first-order valence-corrected chi connectivity index (χ1v) is 9.16. The van der Waals surface area contributed by atoms with Crippen molar-refractivity contribution in [1.29, 1.82) is 0 Å². The number of thioether (sulfide) groups is 1. The van der Waals surface area contributed by atoms with E-state index in [9.17, 15) is 9.90 Å². The second-order valence-corrected chi connectivity index (χ2v) is 7.75. The van der Waals surface area contributed by atoms with Crippen LogP contribution in [-0.4, -0.2) is 58.2 Å². The van der Waals surface area contributed by atoms with E-state index in [1.54, 1.807) is 0 Å². The molecule has 3 fully saturated rings. The van der Waals surface area contributed by atoms with E-state index in [-0.39, 0.29) is 24.1 Å². The number of carbonyl (C=O) groups is 1. The van der Waals surface area contributed by atoms with E-state index in [4.69, 9.17) is 0 Å². The van der Waals surface area contributed by atoms with E-state index in [0.29, 0.717) is 6.04 Å². The lowest BCUT2D eigenvalue weighted by Gasteiger charge is -2.41. The average Bonchev–Trinajstić information content (AvgIpc) is 2.96. The fourth-order valence-electron chi connectivity index (χ4n) is 4.00. The molecule has 4 nitrogen and oxygen atoms in total. The molecule has 0 aromatic heterocycles. The fourth-order valence-corrected chi connectivity index (χ4v) is 5.28. The summed E-state index contributed by atoms with van der Waals surface area (Å²) in [5.41, 5.74) is -0.352. The van der Waals surface area contributed by atoms with Gasteiger partial charge in [0.15, 0.2) is 0 Å². The van der Waals surface area contributed by atoms with E-state index >= 15 is 0 Å². The van der Waals surface area contributed by atoms with Crippen LogP contribution in [0.1, 0.15) is 44.9 Å². The van der Waals surface area contributed by atoms with Gasteiger partial charge in [0.1, 0.15) is 0 Å². The van der Waals surface area contributed by atoms with Crippen molar-refractivity contribution in [3.8, 4) is 0 Å². The van der Waals surface area contributed by atoms with Gasteiger partial charge >= 0.3 is 0 Å². The van der Waals surface area contributed by atoms with Crippen LogP contribution in [0.2, 0.25) is 0 Å². The van der Waals surface area contributed by atoms with E-state index in [0.717, 1.165) is 37.3 Å². The van der Waals surface area contributed by atoms with Crippen molar-refractivity contribution in [3.63, 3.8) is 0 Å². The van der Waals surface area contributed by atoms with Crippen molar-refractivity contribution in [2.75, 3.05) is 24.7 Å². The highest BCUT2D eigenvalue weighted by Gasteiger charge is 2.41. The van der Waals surface area contributed by atoms with Crippen LogP contribution in [0.4, 0.5) is 0 Å². The van der Waals surface area contributed by atoms with Crippen LogP contribution >= 0.6 is 11.8 Å². The zero-order valence-corrected chi connectivity index (χ0v) is 13.0. The number of piperidine rings is 1. The van der Waals surface area contributed by atoms with Gasteiger partial charge < -0.3 is 10.4 Å². The number of hydrogen-bond donors (Lipinski definition) is 2. The molecule has 0 aliphatic carbocycles. The van der Waals surface area contributed by atoms with Crippen molar-refractivity contribution in [2.45, 2.75) is 62.6 Å². The van der Waals surface area contributed by atoms with Crippen LogP contribution in [0, 0.1) is 0 Å². The van der Waals surface area contributed by atoms with E-state index in [1.807, 2.05) is 11.8 Å². The summed E-state index contributed by atoms with van der Waals surface area (Å²) in [7, 11) is 0. The smallest absolute Gasteiger partial charge is 0.237 e. The molecule has 3 aliphatic heterocycles. The molecule has 0 spiro atoms. The van der Waals surface area contributed by atoms with Gasteiger partial charge in [-0.15, -0.1) is 0 Å². The molecule has 0 aromatic carbocycles. The SMILES string of the molecule is O=C(NC1(CO)CCSCC1)C1CCCC2CCCN21. The Labute approximate surface area is 125 Å². The Bertz CT molecular complexity index is 358. The molecule has 3 saturated heterocycles. The summed E-state index contributed by atoms with van der Waals surface area (Å²) in [6, 6.07) is 0.681. The first-order chi connectivity index (χ1) is 9.74. The predicted octanol–water partition coefficient (Wildman–Crippen LogP) is 1.38. The van der Waals surface area contributed by atoms with Gasteiger partial charge in [-0.3, -0.25) is 9.69 Å². The van der Waals surface area contributed by atoms with Crippen LogP contribution in [0.3, 0.4) is 0 Å². The Morgan fingerprint density at radius 1 is 1.25 bits per heavy atom. The molecule has 0 bridgehead atoms. The maximum absolute atomic E-state index is 12.7. The van der Waals surface area contributed by atoms with Crippen LogP contribution in [-0.2, 0) is 4.79 Å². The first kappa shape index (κ1) is 14.7. The topological polar surface area (TPSA) is 52.6 Å². The van der Waals surface area contributed by atoms with Crippen LogP contribution in [0.5, 0.6) is 0 Å². The van der Waals surface area contributed by atoms with Gasteiger partial charge in [0.2, 0.25) is 5.91 Å². The Morgan fingerprint density at radius 2 is 2.00 bits per heavy atom. The largest absolute Gasteiger partial charge is 0.394 e. The normalized spacial score (nSPS) is 33.6. The summed E-state index contributed by atoms with van der Waals surface area (Å²) in [6.07, 6.45) is 7.69. The molecule has 0 aromatic rings. The van der Waals surface area contributed by atoms with Gasteiger partial charge in [-0.25, -0.2) is 0 Å². The zero-order chi connectivity index (χ0) is 14.0. The third kappa shape index (κ3) is 2.85. The lowest BCUT2D eigenvalue weighted by molar-refractivity contribution is -0.131. The van der Waals surface area contributed by atoms with Gasteiger partial charge in [0.25, 0.3) is 0 Å². The second kappa shape index (κ2) is 6.24. The number of aliphatic hydroxyl groups is 1. The minimum atomic E-state index is -0.352. The van der Waals surface area contributed by atoms with Gasteiger partial charge in [-0.05, 0) is 63.0 Å². The number of nitrogens with zero attached hydrogens (tertiary/aromatic N) is 1. The van der Waals surface area contributed by atoms with Crippen molar-refractivity contribution < 1.29 is 9.90 Å². The molecule has 2 atom stereocenters. The summed E-state index contributed by atoms with van der Waals surface area (Å²) in [5, 5.41) is 13.0. The predicted molar refractivity (Wildman–Crippen MR) is 81.9 cm³/mol. The minimum Gasteiger partial charge on any atom is -0.394 e. The number of nitrogens with one attached hydrogen (secondary N) is 1. The number of aliphatic hydroxyl groups excluding tert-OH is 1. The van der Waals surface area contributed by atoms with Gasteiger partial charge in [-0.2, -0.15) is 11.8 Å². The van der Waals surface area contributed by atoms with Gasteiger partial charge in [0.05, 0.1) is 18.2 Å². The summed E-state index contributed by atoms with van der Waals surface area (Å²) in [4.78, 5) is 15.1. The van der Waals surface area contributed by atoms with Gasteiger partial charge in [0, 0.05) is 6.04 Å². The lowest BCUT2D eigenvalue weighted by atomic mass is 9.91. The van der Waals surface area contributed by atoms with E-state index in [1.165, 1.54) is 25.7 Å². The molecule has 0 saturated carbocycles. The lowest BCUT2D eigenvalue weighted by Crippen LogP contribution is -2.60. The molecular formula is C15H26N2O2S. The zero-order valence-electron chi connectivity index (χ0n) is 12.1. The third-order valence-corrected chi connectivity index (χ3v) is 6.27. The molecule has 2 N–H and O–H groups in total. The standard InChI is InChI=1S/C15H26N2O2S/c18-11-15(6-9-20-10-7-15)16-14(19)13-5-1-3-12-4-2-8-17(12)13/h12-13,18H,1-11H2,(H,16,19). The first-order valence-electron chi connectivity index (χ1n) is 8.00. The number of fused-ring (bicyclic) bond motifs is 1. The number of carbonyl (C=O) groups excluding carboxylic acids is 1. The molecule has 20 heavy (non-hydrogen) atoms. The molecule has 2 unspecified atom stereocenters. The maximum Gasteiger partial charge on any atom is 0.237 e. The summed E-state index contributed by atoms with van der Waals surface area (Å²) < 4.78 is 0. The number of rotatable bonds is 3. The number of amides is 1. The molecular weight excluding hydrogens is 272 g/mol. The highest BCUT2D eigenvalue weighted by molar-refractivity contribution is 7.99. The minimum absolute atomic E-state index is 0.0502. The Hall–Kier alpha value is -0.260. The molecule has 1 amide bonds. The highest BCUT2D eigenvalue weighted by Crippen LogP contribution is 2.32. The molecule has 0 radical (unpaired) electrons. The van der Waals surface area contributed by atoms with Crippen LogP contribution in [0.25, 0.3) is 0 Å². The monoisotopic (exact) mass is 298 g/mol. The van der Waals surface area contributed by atoms with E-state index in [2.05, 4.69) is 10.2 Å². The van der Waals surface area contributed by atoms with Crippen molar-refractivity contribution in [2.24, 2.45) is 0 Å². The Kier molecular flexibility index (Phi) is 4.58. The summed E-state index contributed by atoms with van der Waals surface area (Å²) in [6.45, 7) is 1.15. The van der Waals surface area contributed by atoms with Crippen molar-refractivity contribution in [1.82, 2.24) is 10.2 Å². The summed E-state index contributed by atoms with van der Waals surface area (Å²) >= 11 is 1.92. The summed E-state index contributed by atoms with van der Waals surface area (Å²) in [5.74, 6) is 2.24. The third-order valence-electron chi connectivity index (χ3n) is 5.28. The molecule has 3 heterocycles. The Balaban J connectivity index is 1.65.